The lowest BCUT2D eigenvalue weighted by Crippen LogP contribution is -2.36. The third-order valence-electron chi connectivity index (χ3n) is 13.5. The Morgan fingerprint density at radius 1 is 0.667 bits per heavy atom. The molecule has 0 aliphatic carbocycles. The number of urea groups is 1. The highest BCUT2D eigenvalue weighted by molar-refractivity contribution is 8.00. The molecular formula is C57H51N7O7S. The van der Waals surface area contributed by atoms with Gasteiger partial charge in [-0.3, -0.25) is 9.59 Å². The number of pyridine rings is 1. The zero-order valence-corrected chi connectivity index (χ0v) is 40.0. The number of amides is 4. The lowest BCUT2D eigenvalue weighted by Gasteiger charge is -2.17. The molecule has 5 heterocycles. The molecule has 9 aromatic rings. The molecule has 0 radical (unpaired) electrons. The van der Waals surface area contributed by atoms with Gasteiger partial charge < -0.3 is 45.0 Å². The van der Waals surface area contributed by atoms with Crippen molar-refractivity contribution >= 4 is 79.2 Å². The Bertz CT molecular complexity index is 3310. The van der Waals surface area contributed by atoms with Crippen LogP contribution in [0, 0.1) is 0 Å². The third kappa shape index (κ3) is 9.38. The number of para-hydroxylation sites is 4. The molecule has 2 aliphatic rings. The summed E-state index contributed by atoms with van der Waals surface area (Å²) in [6, 6.07) is 48.6. The van der Waals surface area contributed by atoms with Crippen LogP contribution in [0.3, 0.4) is 0 Å². The van der Waals surface area contributed by atoms with E-state index in [1.165, 1.54) is 12.3 Å². The number of benzene rings is 6. The second-order valence-electron chi connectivity index (χ2n) is 18.2. The monoisotopic (exact) mass is 977 g/mol. The average Bonchev–Trinajstić information content (AvgIpc) is 4.16. The zero-order chi connectivity index (χ0) is 49.1. The van der Waals surface area contributed by atoms with Crippen LogP contribution in [0.5, 0.6) is 11.5 Å². The Balaban J connectivity index is 0.852. The van der Waals surface area contributed by atoms with E-state index in [2.05, 4.69) is 151 Å². The third-order valence-corrected chi connectivity index (χ3v) is 15.0. The molecule has 15 heteroatoms. The second-order valence-corrected chi connectivity index (χ2v) is 19.4. The highest BCUT2D eigenvalue weighted by Gasteiger charge is 2.42. The van der Waals surface area contributed by atoms with Crippen LogP contribution in [-0.4, -0.2) is 79.2 Å². The summed E-state index contributed by atoms with van der Waals surface area (Å²) in [5, 5.41) is 26.5. The fourth-order valence-electron chi connectivity index (χ4n) is 10.2. The number of thioether (sulfide) groups is 1. The van der Waals surface area contributed by atoms with E-state index < -0.39 is 5.97 Å². The van der Waals surface area contributed by atoms with Crippen molar-refractivity contribution in [2.24, 2.45) is 0 Å². The Morgan fingerprint density at radius 3 is 1.88 bits per heavy atom. The van der Waals surface area contributed by atoms with Gasteiger partial charge in [0.25, 0.3) is 5.91 Å². The first-order chi connectivity index (χ1) is 35.3. The molecule has 5 N–H and O–H groups in total. The molecular weight excluding hydrogens is 927 g/mol. The number of carbonyl (C=O) groups is 4. The molecule has 362 valence electrons. The molecule has 0 saturated carbocycles. The maximum Gasteiger partial charge on any atom is 0.358 e. The number of ether oxygens (including phenoxy) is 2. The summed E-state index contributed by atoms with van der Waals surface area (Å²) >= 11 is 1.86. The number of hydrogen-bond donors (Lipinski definition) is 5. The topological polar surface area (TPSA) is 178 Å². The fourth-order valence-corrected chi connectivity index (χ4v) is 11.7. The first-order valence-electron chi connectivity index (χ1n) is 24.2. The largest absolute Gasteiger partial charge is 0.489 e. The van der Waals surface area contributed by atoms with Crippen molar-refractivity contribution in [3.05, 3.63) is 174 Å². The molecule has 11 rings (SSSR count). The predicted octanol–water partition coefficient (Wildman–Crippen LogP) is 9.70. The minimum atomic E-state index is -1.22. The van der Waals surface area contributed by atoms with Gasteiger partial charge in [0.1, 0.15) is 19.0 Å². The summed E-state index contributed by atoms with van der Waals surface area (Å²) in [5.74, 6) is -0.311. The standard InChI is InChI=1S/C57H51N7O7S/c65-52(22-10-9-21-51-53-45(34-72-51)61-57(69)62-53)58-24-25-60-55(66)37-26-35(33-71-50-20-11-23-59-54(50)56(67)68)29-40(30-37)70-32-36-27-38(63-46-16-5-1-12-41(46)42-13-2-6-17-47(42)63)31-39(28-36)64-48-18-7-3-14-43(48)44-15-4-8-19-49(44)64/h1-8,11-20,23,26-31,45,51,53H,9-10,21-22,24-25,32-34H2,(H,58,65)(H,60,66)(H,67,68)(H2,61,62,69)/t45-,51-,53-/m0/s1. The van der Waals surface area contributed by atoms with Gasteiger partial charge >= 0.3 is 12.0 Å². The van der Waals surface area contributed by atoms with Crippen LogP contribution in [0.1, 0.15) is 57.7 Å². The number of aromatic nitrogens is 3. The van der Waals surface area contributed by atoms with E-state index in [1.807, 2.05) is 11.8 Å². The Hall–Kier alpha value is -8.30. The van der Waals surface area contributed by atoms with Gasteiger partial charge in [-0.05, 0) is 96.8 Å². The highest BCUT2D eigenvalue weighted by atomic mass is 32.2. The van der Waals surface area contributed by atoms with Gasteiger partial charge in [-0.25, -0.2) is 14.6 Å². The van der Waals surface area contributed by atoms with Gasteiger partial charge in [0, 0.05) is 75.2 Å². The van der Waals surface area contributed by atoms with Crippen LogP contribution in [-0.2, 0) is 18.0 Å². The minimum absolute atomic E-state index is 0.0765. The molecule has 14 nitrogen and oxygen atoms in total. The number of hydrogen-bond acceptors (Lipinski definition) is 8. The van der Waals surface area contributed by atoms with Crippen molar-refractivity contribution in [1.82, 2.24) is 35.4 Å². The first kappa shape index (κ1) is 46.1. The average molecular weight is 978 g/mol. The van der Waals surface area contributed by atoms with Crippen LogP contribution in [0.25, 0.3) is 55.0 Å². The summed E-state index contributed by atoms with van der Waals surface area (Å²) in [6.45, 7) is 0.487. The lowest BCUT2D eigenvalue weighted by atomic mass is 10.0. The van der Waals surface area contributed by atoms with Gasteiger partial charge in [-0.1, -0.05) is 79.2 Å². The summed E-state index contributed by atoms with van der Waals surface area (Å²) in [4.78, 5) is 54.3. The summed E-state index contributed by atoms with van der Waals surface area (Å²) < 4.78 is 17.2. The number of unbranched alkanes of at least 4 members (excludes halogenated alkanes) is 1. The van der Waals surface area contributed by atoms with Crippen molar-refractivity contribution < 1.29 is 33.8 Å². The van der Waals surface area contributed by atoms with Crippen LogP contribution >= 0.6 is 11.8 Å². The fraction of sp³-hybridized carbons (Fsp3) is 0.211. The molecule has 2 aliphatic heterocycles. The highest BCUT2D eigenvalue weighted by Crippen LogP contribution is 2.37. The Labute approximate surface area is 418 Å². The zero-order valence-electron chi connectivity index (χ0n) is 39.2. The normalized spacial score (nSPS) is 16.2. The van der Waals surface area contributed by atoms with Gasteiger partial charge in [0.2, 0.25) is 5.91 Å². The second kappa shape index (κ2) is 20.2. The lowest BCUT2D eigenvalue weighted by molar-refractivity contribution is -0.121. The molecule has 72 heavy (non-hydrogen) atoms. The predicted molar refractivity (Wildman–Crippen MR) is 281 cm³/mol. The number of fused-ring (bicyclic) bond motifs is 7. The summed E-state index contributed by atoms with van der Waals surface area (Å²) in [5.41, 5.74) is 7.69. The first-order valence-corrected chi connectivity index (χ1v) is 25.2. The maximum atomic E-state index is 13.9. The van der Waals surface area contributed by atoms with Crippen molar-refractivity contribution in [3.8, 4) is 22.9 Å². The minimum Gasteiger partial charge on any atom is -0.489 e. The number of carboxylic acid groups (broad SMARTS) is 1. The van der Waals surface area contributed by atoms with E-state index >= 15 is 0 Å². The van der Waals surface area contributed by atoms with Gasteiger partial charge in [-0.15, -0.1) is 0 Å². The number of carboxylic acids is 1. The van der Waals surface area contributed by atoms with E-state index in [0.717, 1.165) is 85.6 Å². The van der Waals surface area contributed by atoms with Crippen molar-refractivity contribution in [2.45, 2.75) is 56.2 Å². The van der Waals surface area contributed by atoms with E-state index in [9.17, 15) is 24.3 Å². The molecule has 6 aromatic carbocycles. The Morgan fingerprint density at radius 2 is 1.25 bits per heavy atom. The van der Waals surface area contributed by atoms with Crippen LogP contribution in [0.15, 0.2) is 152 Å². The van der Waals surface area contributed by atoms with Crippen molar-refractivity contribution in [3.63, 3.8) is 0 Å². The summed E-state index contributed by atoms with van der Waals surface area (Å²) in [7, 11) is 0. The maximum absolute atomic E-state index is 13.9. The van der Waals surface area contributed by atoms with E-state index in [1.54, 1.807) is 24.3 Å². The number of rotatable bonds is 18. The van der Waals surface area contributed by atoms with E-state index in [0.29, 0.717) is 28.5 Å². The van der Waals surface area contributed by atoms with E-state index in [-0.39, 0.29) is 67.7 Å². The molecule has 3 atom stereocenters. The molecule has 3 aromatic heterocycles. The van der Waals surface area contributed by atoms with E-state index in [4.69, 9.17) is 9.47 Å². The van der Waals surface area contributed by atoms with Crippen LogP contribution in [0.2, 0.25) is 0 Å². The number of aromatic carboxylic acids is 1. The molecule has 0 unspecified atom stereocenters. The SMILES string of the molecule is O=C(CCCC[C@@H]1SC[C@@H]2NC(=O)N[C@@H]21)NCCNC(=O)c1cc(COc2cccnc2C(=O)O)cc(OCc2cc(-n3c4ccccc4c4ccccc43)cc(-n3c4ccccc4c4ccccc43)c2)c1. The number of nitrogens with zero attached hydrogens (tertiary/aromatic N) is 3. The smallest absolute Gasteiger partial charge is 0.358 e. The van der Waals surface area contributed by atoms with Gasteiger partial charge in [0.05, 0.1) is 34.2 Å². The molecule has 0 bridgehead atoms. The number of nitrogens with one attached hydrogen (secondary N) is 4. The van der Waals surface area contributed by atoms with Gasteiger partial charge in [0.15, 0.2) is 11.4 Å². The molecule has 0 spiro atoms. The van der Waals surface area contributed by atoms with Crippen LogP contribution in [0.4, 0.5) is 4.79 Å². The summed E-state index contributed by atoms with van der Waals surface area (Å²) in [6.07, 6.45) is 4.28. The van der Waals surface area contributed by atoms with Crippen LogP contribution < -0.4 is 30.7 Å². The quantitative estimate of drug-likeness (QED) is 0.0414. The molecule has 2 saturated heterocycles. The molecule has 2 fully saturated rings. The number of carbonyl (C=O) groups excluding carboxylic acids is 3. The van der Waals surface area contributed by atoms with Gasteiger partial charge in [-0.2, -0.15) is 11.8 Å². The molecule has 4 amide bonds. The Kier molecular flexibility index (Phi) is 12.9. The van der Waals surface area contributed by atoms with Crippen molar-refractivity contribution in [1.29, 1.82) is 0 Å². The van der Waals surface area contributed by atoms with Crippen molar-refractivity contribution in [2.75, 3.05) is 18.8 Å².